The third kappa shape index (κ3) is 3.97. The summed E-state index contributed by atoms with van der Waals surface area (Å²) in [5.41, 5.74) is 4.18. The maximum absolute atomic E-state index is 12.8. The van der Waals surface area contributed by atoms with Crippen molar-refractivity contribution in [3.63, 3.8) is 0 Å². The fourth-order valence-electron chi connectivity index (χ4n) is 3.58. The second-order valence-electron chi connectivity index (χ2n) is 7.32. The first-order valence-electron chi connectivity index (χ1n) is 9.80. The third-order valence-corrected chi connectivity index (χ3v) is 5.25. The van der Waals surface area contributed by atoms with E-state index in [1.807, 2.05) is 67.9 Å². The molecule has 0 radical (unpaired) electrons. The van der Waals surface area contributed by atoms with Gasteiger partial charge in [-0.2, -0.15) is 5.10 Å². The molecule has 0 saturated heterocycles. The number of benzene rings is 2. The Balaban J connectivity index is 1.43. The van der Waals surface area contributed by atoms with Gasteiger partial charge < -0.3 is 14.8 Å². The molecular formula is C23H25N3O3. The van der Waals surface area contributed by atoms with Crippen molar-refractivity contribution in [1.82, 2.24) is 15.1 Å². The zero-order chi connectivity index (χ0) is 20.4. The molecule has 0 aliphatic carbocycles. The van der Waals surface area contributed by atoms with Gasteiger partial charge in [-0.25, -0.2) is 0 Å². The van der Waals surface area contributed by atoms with Gasteiger partial charge in [0.15, 0.2) is 11.5 Å². The molecule has 1 aliphatic rings. The summed E-state index contributed by atoms with van der Waals surface area (Å²) in [5.74, 6) is 1.06. The Bertz CT molecular complexity index is 1010. The highest BCUT2D eigenvalue weighted by atomic mass is 16.6. The Morgan fingerprint density at radius 2 is 1.69 bits per heavy atom. The van der Waals surface area contributed by atoms with Crippen LogP contribution in [0.2, 0.25) is 0 Å². The van der Waals surface area contributed by atoms with Gasteiger partial charge in [0.2, 0.25) is 6.10 Å². The largest absolute Gasteiger partial charge is 0.482 e. The second-order valence-corrected chi connectivity index (χ2v) is 7.32. The highest BCUT2D eigenvalue weighted by Crippen LogP contribution is 2.33. The summed E-state index contributed by atoms with van der Waals surface area (Å²) in [6.07, 6.45) is -1.06. The Hall–Kier alpha value is -3.28. The van der Waals surface area contributed by atoms with Crippen LogP contribution < -0.4 is 14.8 Å². The number of fused-ring (bicyclic) bond motifs is 1. The van der Waals surface area contributed by atoms with Crippen LogP contribution in [-0.4, -0.2) is 27.9 Å². The van der Waals surface area contributed by atoms with E-state index in [-0.39, 0.29) is 12.0 Å². The molecular weight excluding hydrogens is 366 g/mol. The van der Waals surface area contributed by atoms with Gasteiger partial charge in [-0.15, -0.1) is 0 Å². The number of carbonyl (C=O) groups is 1. The van der Waals surface area contributed by atoms with E-state index >= 15 is 0 Å². The minimum absolute atomic E-state index is 0.193. The molecule has 29 heavy (non-hydrogen) atoms. The number of hydrogen-bond acceptors (Lipinski definition) is 4. The zero-order valence-corrected chi connectivity index (χ0v) is 16.9. The standard InChI is InChI=1S/C23H25N3O3/c1-15-19(16(2)26(25-15)14-18-9-5-4-6-10-18)13-24-23(27)22-17(3)28-20-11-7-8-12-21(20)29-22/h4-12,17,22H,13-14H2,1-3H3,(H,24,27). The van der Waals surface area contributed by atoms with Crippen LogP contribution in [0, 0.1) is 13.8 Å². The first-order chi connectivity index (χ1) is 14.0. The van der Waals surface area contributed by atoms with E-state index in [1.54, 1.807) is 0 Å². The van der Waals surface area contributed by atoms with E-state index in [1.165, 1.54) is 5.56 Å². The average Bonchev–Trinajstić information content (AvgIpc) is 2.99. The number of aromatic nitrogens is 2. The van der Waals surface area contributed by atoms with Crippen molar-refractivity contribution in [3.8, 4) is 11.5 Å². The van der Waals surface area contributed by atoms with Crippen molar-refractivity contribution in [1.29, 1.82) is 0 Å². The lowest BCUT2D eigenvalue weighted by Gasteiger charge is -2.31. The normalized spacial score (nSPS) is 17.8. The van der Waals surface area contributed by atoms with Crippen molar-refractivity contribution < 1.29 is 14.3 Å². The molecule has 3 aromatic rings. The molecule has 2 unspecified atom stereocenters. The molecule has 4 rings (SSSR count). The van der Waals surface area contributed by atoms with Gasteiger partial charge in [-0.1, -0.05) is 42.5 Å². The first kappa shape index (κ1) is 19.1. The summed E-state index contributed by atoms with van der Waals surface area (Å²) >= 11 is 0. The molecule has 0 bridgehead atoms. The van der Waals surface area contributed by atoms with Crippen molar-refractivity contribution in [2.75, 3.05) is 0 Å². The Kier molecular flexibility index (Phi) is 5.25. The molecule has 1 aliphatic heterocycles. The molecule has 150 valence electrons. The van der Waals surface area contributed by atoms with Gasteiger partial charge in [0, 0.05) is 17.8 Å². The number of amides is 1. The molecule has 1 aromatic heterocycles. The summed E-state index contributed by atoms with van der Waals surface area (Å²) in [6.45, 7) is 6.95. The number of nitrogens with one attached hydrogen (secondary N) is 1. The molecule has 0 saturated carbocycles. The van der Waals surface area contributed by atoms with E-state index in [2.05, 4.69) is 22.5 Å². The lowest BCUT2D eigenvalue weighted by molar-refractivity contribution is -0.133. The van der Waals surface area contributed by atoms with Gasteiger partial charge >= 0.3 is 0 Å². The number of carbonyl (C=O) groups excluding carboxylic acids is 1. The summed E-state index contributed by atoms with van der Waals surface area (Å²) in [5, 5.41) is 7.64. The molecule has 6 heteroatoms. The molecule has 2 aromatic carbocycles. The fourth-order valence-corrected chi connectivity index (χ4v) is 3.58. The van der Waals surface area contributed by atoms with E-state index in [0.717, 1.165) is 17.0 Å². The van der Waals surface area contributed by atoms with Gasteiger partial charge in [0.25, 0.3) is 5.91 Å². The summed E-state index contributed by atoms with van der Waals surface area (Å²) < 4.78 is 13.7. The predicted molar refractivity (Wildman–Crippen MR) is 110 cm³/mol. The smallest absolute Gasteiger partial charge is 0.265 e. The summed E-state index contributed by atoms with van der Waals surface area (Å²) in [7, 11) is 0. The van der Waals surface area contributed by atoms with Crippen LogP contribution in [0.25, 0.3) is 0 Å². The maximum Gasteiger partial charge on any atom is 0.265 e. The van der Waals surface area contributed by atoms with E-state index in [9.17, 15) is 4.79 Å². The van der Waals surface area contributed by atoms with Crippen LogP contribution in [0.1, 0.15) is 29.4 Å². The molecule has 1 N–H and O–H groups in total. The highest BCUT2D eigenvalue weighted by molar-refractivity contribution is 5.82. The van der Waals surface area contributed by atoms with E-state index < -0.39 is 6.10 Å². The predicted octanol–water partition coefficient (Wildman–Crippen LogP) is 3.39. The molecule has 0 fully saturated rings. The molecule has 2 atom stereocenters. The average molecular weight is 391 g/mol. The molecule has 0 spiro atoms. The van der Waals surface area contributed by atoms with Crippen molar-refractivity contribution in [2.24, 2.45) is 0 Å². The van der Waals surface area contributed by atoms with Gasteiger partial charge in [-0.3, -0.25) is 9.48 Å². The minimum Gasteiger partial charge on any atom is -0.482 e. The Morgan fingerprint density at radius 1 is 1.03 bits per heavy atom. The lowest BCUT2D eigenvalue weighted by atomic mass is 10.1. The van der Waals surface area contributed by atoms with Crippen LogP contribution in [0.15, 0.2) is 54.6 Å². The molecule has 6 nitrogen and oxygen atoms in total. The van der Waals surface area contributed by atoms with E-state index in [0.29, 0.717) is 24.6 Å². The van der Waals surface area contributed by atoms with Crippen LogP contribution in [0.3, 0.4) is 0 Å². The van der Waals surface area contributed by atoms with Gasteiger partial charge in [-0.05, 0) is 38.5 Å². The maximum atomic E-state index is 12.8. The monoisotopic (exact) mass is 391 g/mol. The number of para-hydroxylation sites is 2. The van der Waals surface area contributed by atoms with Crippen molar-refractivity contribution in [3.05, 3.63) is 77.1 Å². The topological polar surface area (TPSA) is 65.4 Å². The first-order valence-corrected chi connectivity index (χ1v) is 9.80. The molecule has 2 heterocycles. The number of hydrogen-bond donors (Lipinski definition) is 1. The van der Waals surface area contributed by atoms with Crippen LogP contribution in [-0.2, 0) is 17.9 Å². The van der Waals surface area contributed by atoms with Crippen LogP contribution in [0.4, 0.5) is 0 Å². The number of ether oxygens (including phenoxy) is 2. The zero-order valence-electron chi connectivity index (χ0n) is 16.9. The third-order valence-electron chi connectivity index (χ3n) is 5.25. The van der Waals surface area contributed by atoms with Gasteiger partial charge in [0.1, 0.15) is 6.10 Å². The van der Waals surface area contributed by atoms with Gasteiger partial charge in [0.05, 0.1) is 12.2 Å². The number of aryl methyl sites for hydroxylation is 1. The Labute approximate surface area is 170 Å². The summed E-state index contributed by atoms with van der Waals surface area (Å²) in [4.78, 5) is 12.8. The minimum atomic E-state index is -0.690. The number of nitrogens with zero attached hydrogens (tertiary/aromatic N) is 2. The molecule has 1 amide bonds. The van der Waals surface area contributed by atoms with Crippen LogP contribution >= 0.6 is 0 Å². The fraction of sp³-hybridized carbons (Fsp3) is 0.304. The highest BCUT2D eigenvalue weighted by Gasteiger charge is 2.34. The summed E-state index contributed by atoms with van der Waals surface area (Å²) in [6, 6.07) is 17.6. The second kappa shape index (κ2) is 7.99. The quantitative estimate of drug-likeness (QED) is 0.724. The van der Waals surface area contributed by atoms with Crippen molar-refractivity contribution in [2.45, 2.75) is 46.1 Å². The van der Waals surface area contributed by atoms with Crippen LogP contribution in [0.5, 0.6) is 11.5 Å². The lowest BCUT2D eigenvalue weighted by Crippen LogP contribution is -2.48. The van der Waals surface area contributed by atoms with E-state index in [4.69, 9.17) is 9.47 Å². The van der Waals surface area contributed by atoms with Crippen molar-refractivity contribution >= 4 is 5.91 Å². The Morgan fingerprint density at radius 3 is 2.41 bits per heavy atom. The SMILES string of the molecule is Cc1nn(Cc2ccccc2)c(C)c1CNC(=O)C1Oc2ccccc2OC1C. The number of rotatable bonds is 5.